The normalized spacial score (nSPS) is 17.8. The van der Waals surface area contributed by atoms with Gasteiger partial charge >= 0.3 is 0 Å². The van der Waals surface area contributed by atoms with Crippen molar-refractivity contribution >= 4 is 11.8 Å². The molecular formula is C50H46N6O8. The third-order valence-corrected chi connectivity index (χ3v) is 11.8. The molecule has 2 aromatic heterocycles. The maximum Gasteiger partial charge on any atom is 0.278 e. The van der Waals surface area contributed by atoms with Crippen LogP contribution in [0, 0.1) is 13.8 Å². The fraction of sp³-hybridized carbons (Fsp3) is 0.200. The van der Waals surface area contributed by atoms with Crippen molar-refractivity contribution in [2.75, 3.05) is 49.7 Å². The van der Waals surface area contributed by atoms with Gasteiger partial charge < -0.3 is 29.5 Å². The van der Waals surface area contributed by atoms with E-state index < -0.39 is 34.2 Å². The van der Waals surface area contributed by atoms with Crippen molar-refractivity contribution in [2.24, 2.45) is 0 Å². The molecule has 4 bridgehead atoms. The predicted molar refractivity (Wildman–Crippen MR) is 241 cm³/mol. The highest BCUT2D eigenvalue weighted by molar-refractivity contribution is 5.97. The average molecular weight is 859 g/mol. The van der Waals surface area contributed by atoms with Crippen LogP contribution < -0.4 is 30.3 Å². The van der Waals surface area contributed by atoms with Gasteiger partial charge in [0.2, 0.25) is 10.9 Å². The SMILES string of the molecule is Cc1cccc2c1OCC=CCN1CN(C2c2ccccc2)n2ccc(=O)c(O)c2C1=O.Cc1cccc2c1OCC=CCN1CN(C2c2ccccc2)n2ccc(=O)c(O)c2C1=O. The zero-order valence-corrected chi connectivity index (χ0v) is 35.3. The number of aromatic nitrogens is 2. The molecule has 2 amide bonds. The second kappa shape index (κ2) is 17.4. The Kier molecular flexibility index (Phi) is 11.2. The molecule has 324 valence electrons. The molecule has 2 atom stereocenters. The highest BCUT2D eigenvalue weighted by Gasteiger charge is 2.39. The van der Waals surface area contributed by atoms with E-state index in [1.54, 1.807) is 31.5 Å². The lowest BCUT2D eigenvalue weighted by Gasteiger charge is -2.44. The zero-order chi connectivity index (χ0) is 44.5. The molecule has 2 unspecified atom stereocenters. The van der Waals surface area contributed by atoms with Gasteiger partial charge in [0.15, 0.2) is 22.9 Å². The number of aromatic hydroxyl groups is 2. The van der Waals surface area contributed by atoms with Gasteiger partial charge in [-0.1, -0.05) is 109 Å². The highest BCUT2D eigenvalue weighted by Crippen LogP contribution is 2.40. The third-order valence-electron chi connectivity index (χ3n) is 11.8. The standard InChI is InChI=1S/2C25H23N3O4/c2*1-17-8-7-11-19-21(18-9-3-2-4-10-18)28-16-26(13-5-6-15-32-24(17)19)25(31)22-23(30)20(29)12-14-27(22)28/h2*2-12,14,21,30H,13,15-16H2,1H3. The van der Waals surface area contributed by atoms with Crippen LogP contribution in [0.2, 0.25) is 0 Å². The number of ether oxygens (including phenoxy) is 2. The van der Waals surface area contributed by atoms with Gasteiger partial charge in [-0.3, -0.25) is 38.5 Å². The Balaban J connectivity index is 0.000000162. The number of fused-ring (bicyclic) bond motifs is 10. The summed E-state index contributed by atoms with van der Waals surface area (Å²) < 4.78 is 15.6. The summed E-state index contributed by atoms with van der Waals surface area (Å²) in [4.78, 5) is 54.0. The minimum Gasteiger partial charge on any atom is -0.502 e. The topological polar surface area (TPSA) is 150 Å². The van der Waals surface area contributed by atoms with E-state index in [4.69, 9.17) is 9.47 Å². The molecule has 14 nitrogen and oxygen atoms in total. The first kappa shape index (κ1) is 41.4. The first-order valence-electron chi connectivity index (χ1n) is 21.0. The summed E-state index contributed by atoms with van der Waals surface area (Å²) in [7, 11) is 0. The van der Waals surface area contributed by atoms with E-state index in [2.05, 4.69) is 0 Å². The number of hydrogen-bond donors (Lipinski definition) is 2. The third kappa shape index (κ3) is 7.52. The lowest BCUT2D eigenvalue weighted by atomic mass is 9.95. The molecule has 0 radical (unpaired) electrons. The van der Waals surface area contributed by atoms with Crippen LogP contribution in [-0.2, 0) is 0 Å². The number of rotatable bonds is 2. The summed E-state index contributed by atoms with van der Waals surface area (Å²) in [6, 6.07) is 33.8. The molecule has 0 aliphatic carbocycles. The van der Waals surface area contributed by atoms with Crippen LogP contribution in [0.25, 0.3) is 0 Å². The minimum absolute atomic E-state index is 0.0348. The summed E-state index contributed by atoms with van der Waals surface area (Å²) in [5, 5.41) is 25.1. The van der Waals surface area contributed by atoms with Gasteiger partial charge in [-0.05, 0) is 48.3 Å². The number of hydrogen-bond acceptors (Lipinski definition) is 10. The lowest BCUT2D eigenvalue weighted by molar-refractivity contribution is 0.0694. The maximum absolute atomic E-state index is 13.2. The van der Waals surface area contributed by atoms with Gasteiger partial charge in [-0.15, -0.1) is 0 Å². The van der Waals surface area contributed by atoms with Crippen LogP contribution >= 0.6 is 0 Å². The number of pyridine rings is 2. The first-order chi connectivity index (χ1) is 31.1. The monoisotopic (exact) mass is 858 g/mol. The summed E-state index contributed by atoms with van der Waals surface area (Å²) >= 11 is 0. The molecule has 0 saturated heterocycles. The van der Waals surface area contributed by atoms with Crippen molar-refractivity contribution < 1.29 is 29.3 Å². The number of carbonyl (C=O) groups is 2. The van der Waals surface area contributed by atoms with E-state index in [-0.39, 0.29) is 36.8 Å². The second-order valence-electron chi connectivity index (χ2n) is 15.8. The van der Waals surface area contributed by atoms with Gasteiger partial charge in [0.25, 0.3) is 11.8 Å². The van der Waals surface area contributed by atoms with Crippen molar-refractivity contribution in [1.29, 1.82) is 0 Å². The van der Waals surface area contributed by atoms with Crippen molar-refractivity contribution in [3.05, 3.63) is 211 Å². The molecule has 0 saturated carbocycles. The Morgan fingerprint density at radius 2 is 0.906 bits per heavy atom. The molecule has 0 fully saturated rings. The number of nitrogens with zero attached hydrogens (tertiary/aromatic N) is 6. The molecule has 64 heavy (non-hydrogen) atoms. The minimum atomic E-state index is -0.581. The van der Waals surface area contributed by atoms with E-state index in [9.17, 15) is 29.4 Å². The molecule has 4 aliphatic rings. The highest BCUT2D eigenvalue weighted by atomic mass is 16.5. The molecule has 6 aromatic rings. The summed E-state index contributed by atoms with van der Waals surface area (Å²) in [5.74, 6) is -0.307. The molecule has 4 aliphatic heterocycles. The zero-order valence-electron chi connectivity index (χ0n) is 35.3. The Morgan fingerprint density at radius 1 is 0.500 bits per heavy atom. The molecule has 6 heterocycles. The van der Waals surface area contributed by atoms with E-state index in [1.165, 1.54) is 12.1 Å². The Hall–Kier alpha value is -8.00. The smallest absolute Gasteiger partial charge is 0.278 e. The van der Waals surface area contributed by atoms with Crippen LogP contribution in [0.3, 0.4) is 0 Å². The van der Waals surface area contributed by atoms with E-state index in [0.717, 1.165) is 44.9 Å². The summed E-state index contributed by atoms with van der Waals surface area (Å²) in [6.45, 7) is 5.96. The summed E-state index contributed by atoms with van der Waals surface area (Å²) in [6.07, 6.45) is 10.6. The molecular weight excluding hydrogens is 813 g/mol. The number of amides is 2. The van der Waals surface area contributed by atoms with Gasteiger partial charge in [-0.25, -0.2) is 0 Å². The Labute approximate surface area is 368 Å². The Bertz CT molecular complexity index is 2730. The fourth-order valence-corrected chi connectivity index (χ4v) is 8.74. The number of para-hydroxylation sites is 2. The van der Waals surface area contributed by atoms with Crippen LogP contribution in [-0.4, -0.2) is 80.8 Å². The fourth-order valence-electron chi connectivity index (χ4n) is 8.74. The van der Waals surface area contributed by atoms with Crippen molar-refractivity contribution in [2.45, 2.75) is 25.9 Å². The largest absolute Gasteiger partial charge is 0.502 e. The van der Waals surface area contributed by atoms with E-state index in [0.29, 0.717) is 26.3 Å². The van der Waals surface area contributed by atoms with Crippen LogP contribution in [0.4, 0.5) is 0 Å². The van der Waals surface area contributed by atoms with Crippen molar-refractivity contribution in [3.63, 3.8) is 0 Å². The van der Waals surface area contributed by atoms with Gasteiger partial charge in [0.05, 0.1) is 0 Å². The van der Waals surface area contributed by atoms with Gasteiger partial charge in [-0.2, -0.15) is 0 Å². The van der Waals surface area contributed by atoms with Crippen LogP contribution in [0.15, 0.2) is 155 Å². The number of carbonyl (C=O) groups excluding carboxylic acids is 2. The molecule has 14 heteroatoms. The van der Waals surface area contributed by atoms with E-state index >= 15 is 0 Å². The summed E-state index contributed by atoms with van der Waals surface area (Å²) in [5.41, 5.74) is 4.63. The predicted octanol–water partition coefficient (Wildman–Crippen LogP) is 5.90. The van der Waals surface area contributed by atoms with Crippen LogP contribution in [0.1, 0.15) is 66.4 Å². The average Bonchev–Trinajstić information content (AvgIpc) is 3.36. The number of benzene rings is 4. The van der Waals surface area contributed by atoms with Gasteiger partial charge in [0.1, 0.15) is 50.1 Å². The lowest BCUT2D eigenvalue weighted by Crippen LogP contribution is -2.55. The quantitative estimate of drug-likeness (QED) is 0.202. The second-order valence-corrected chi connectivity index (χ2v) is 15.8. The number of aryl methyl sites for hydroxylation is 2. The Morgan fingerprint density at radius 3 is 1.31 bits per heavy atom. The molecule has 4 aromatic carbocycles. The maximum atomic E-state index is 13.2. The van der Waals surface area contributed by atoms with E-state index in [1.807, 2.05) is 145 Å². The molecule has 0 spiro atoms. The van der Waals surface area contributed by atoms with Gasteiger partial charge in [0, 0.05) is 48.7 Å². The van der Waals surface area contributed by atoms with Crippen molar-refractivity contribution in [3.8, 4) is 23.0 Å². The molecule has 10 rings (SSSR count). The van der Waals surface area contributed by atoms with Crippen molar-refractivity contribution in [1.82, 2.24) is 19.2 Å². The molecule has 2 N–H and O–H groups in total. The first-order valence-corrected chi connectivity index (χ1v) is 21.0. The van der Waals surface area contributed by atoms with Crippen LogP contribution in [0.5, 0.6) is 23.0 Å².